The maximum atomic E-state index is 5.82. The normalized spacial score (nSPS) is 11.3. The molecule has 2 rings (SSSR count). The van der Waals surface area contributed by atoms with Gasteiger partial charge in [-0.05, 0) is 37.1 Å². The highest BCUT2D eigenvalue weighted by Gasteiger charge is 1.95. The van der Waals surface area contributed by atoms with Crippen molar-refractivity contribution in [3.63, 3.8) is 0 Å². The van der Waals surface area contributed by atoms with Crippen molar-refractivity contribution in [2.75, 3.05) is 11.9 Å². The van der Waals surface area contributed by atoms with Crippen LogP contribution in [0.1, 0.15) is 11.3 Å². The van der Waals surface area contributed by atoms with E-state index in [0.717, 1.165) is 17.8 Å². The summed E-state index contributed by atoms with van der Waals surface area (Å²) in [5.74, 6) is 0.436. The predicted molar refractivity (Wildman–Crippen MR) is 79.2 cm³/mol. The van der Waals surface area contributed by atoms with Gasteiger partial charge in [0.1, 0.15) is 0 Å². The average Bonchev–Trinajstić information content (AvgIpc) is 2.42. The third kappa shape index (κ3) is 4.43. The van der Waals surface area contributed by atoms with E-state index in [9.17, 15) is 0 Å². The Hall–Kier alpha value is -2.36. The van der Waals surface area contributed by atoms with Gasteiger partial charge in [0.25, 0.3) is 0 Å². The molecule has 0 spiro atoms. The van der Waals surface area contributed by atoms with Crippen LogP contribution in [0, 0.1) is 6.92 Å². The summed E-state index contributed by atoms with van der Waals surface area (Å²) in [6.07, 6.45) is 2.72. The lowest BCUT2D eigenvalue weighted by Crippen LogP contribution is -2.23. The minimum absolute atomic E-state index is 0.436. The Labute approximate surface area is 113 Å². The number of hydrogen-bond donors (Lipinski definition) is 2. The second kappa shape index (κ2) is 6.54. The van der Waals surface area contributed by atoms with E-state index in [0.29, 0.717) is 12.5 Å². The summed E-state index contributed by atoms with van der Waals surface area (Å²) >= 11 is 0. The van der Waals surface area contributed by atoms with E-state index in [4.69, 9.17) is 5.73 Å². The van der Waals surface area contributed by atoms with Crippen molar-refractivity contribution < 1.29 is 0 Å². The number of nitrogens with two attached hydrogens (primary N) is 1. The van der Waals surface area contributed by atoms with Crippen LogP contribution in [-0.2, 0) is 6.42 Å². The first kappa shape index (κ1) is 13.1. The molecule has 4 nitrogen and oxygen atoms in total. The fourth-order valence-electron chi connectivity index (χ4n) is 1.66. The van der Waals surface area contributed by atoms with Crippen molar-refractivity contribution in [1.82, 2.24) is 4.98 Å². The molecule has 98 valence electrons. The number of anilines is 1. The summed E-state index contributed by atoms with van der Waals surface area (Å²) < 4.78 is 0. The predicted octanol–water partition coefficient (Wildman–Crippen LogP) is 2.36. The van der Waals surface area contributed by atoms with Crippen LogP contribution in [0.4, 0.5) is 5.69 Å². The minimum Gasteiger partial charge on any atom is -0.370 e. The smallest absolute Gasteiger partial charge is 0.193 e. The number of aliphatic imine (C=N–C) groups is 1. The van der Waals surface area contributed by atoms with Crippen molar-refractivity contribution >= 4 is 11.6 Å². The van der Waals surface area contributed by atoms with Crippen molar-refractivity contribution in [3.05, 3.63) is 59.9 Å². The fourth-order valence-corrected chi connectivity index (χ4v) is 1.66. The molecular formula is C15H18N4. The number of guanidine groups is 1. The first-order valence-corrected chi connectivity index (χ1v) is 6.27. The zero-order valence-electron chi connectivity index (χ0n) is 11.0. The highest BCUT2D eigenvalue weighted by molar-refractivity contribution is 5.92. The molecule has 1 heterocycles. The largest absolute Gasteiger partial charge is 0.370 e. The Morgan fingerprint density at radius 2 is 2.00 bits per heavy atom. The summed E-state index contributed by atoms with van der Waals surface area (Å²) in [5.41, 5.74) is 8.96. The highest BCUT2D eigenvalue weighted by Crippen LogP contribution is 2.04. The van der Waals surface area contributed by atoms with Gasteiger partial charge in [0.2, 0.25) is 0 Å². The Kier molecular flexibility index (Phi) is 4.50. The standard InChI is InChI=1S/C15H18N4/c1-12-7-8-13(11-18-12)9-10-17-15(16)19-14-5-3-2-4-6-14/h2-8,11H,9-10H2,1H3,(H3,16,17,19). The van der Waals surface area contributed by atoms with Crippen LogP contribution in [-0.4, -0.2) is 17.5 Å². The van der Waals surface area contributed by atoms with Gasteiger partial charge in [-0.3, -0.25) is 9.98 Å². The molecule has 4 heteroatoms. The summed E-state index contributed by atoms with van der Waals surface area (Å²) in [7, 11) is 0. The molecule has 0 unspecified atom stereocenters. The number of para-hydroxylation sites is 1. The van der Waals surface area contributed by atoms with Gasteiger partial charge >= 0.3 is 0 Å². The summed E-state index contributed by atoms with van der Waals surface area (Å²) in [5, 5.41) is 3.05. The molecule has 1 aromatic carbocycles. The zero-order valence-corrected chi connectivity index (χ0v) is 11.0. The molecule has 3 N–H and O–H groups in total. The number of pyridine rings is 1. The van der Waals surface area contributed by atoms with Crippen LogP contribution in [0.5, 0.6) is 0 Å². The molecule has 0 radical (unpaired) electrons. The van der Waals surface area contributed by atoms with Gasteiger partial charge in [-0.15, -0.1) is 0 Å². The van der Waals surface area contributed by atoms with Crippen LogP contribution in [0.2, 0.25) is 0 Å². The third-order valence-corrected chi connectivity index (χ3v) is 2.70. The molecule has 0 atom stereocenters. The van der Waals surface area contributed by atoms with Crippen molar-refractivity contribution in [2.24, 2.45) is 10.7 Å². The number of rotatable bonds is 4. The summed E-state index contributed by atoms with van der Waals surface area (Å²) in [6, 6.07) is 13.8. The quantitative estimate of drug-likeness (QED) is 0.650. The van der Waals surface area contributed by atoms with Crippen LogP contribution >= 0.6 is 0 Å². The number of nitrogens with one attached hydrogen (secondary N) is 1. The van der Waals surface area contributed by atoms with Gasteiger partial charge in [-0.1, -0.05) is 24.3 Å². The first-order chi connectivity index (χ1) is 9.24. The number of aromatic nitrogens is 1. The van der Waals surface area contributed by atoms with Gasteiger partial charge in [-0.25, -0.2) is 0 Å². The van der Waals surface area contributed by atoms with E-state index >= 15 is 0 Å². The topological polar surface area (TPSA) is 63.3 Å². The lowest BCUT2D eigenvalue weighted by molar-refractivity contribution is 0.950. The van der Waals surface area contributed by atoms with E-state index < -0.39 is 0 Å². The Balaban J connectivity index is 1.83. The Morgan fingerprint density at radius 1 is 1.21 bits per heavy atom. The van der Waals surface area contributed by atoms with Crippen LogP contribution in [0.25, 0.3) is 0 Å². The van der Waals surface area contributed by atoms with Gasteiger partial charge < -0.3 is 11.1 Å². The molecule has 2 aromatic rings. The SMILES string of the molecule is Cc1ccc(CCN=C(N)Nc2ccccc2)cn1. The zero-order chi connectivity index (χ0) is 13.5. The monoisotopic (exact) mass is 254 g/mol. The maximum Gasteiger partial charge on any atom is 0.193 e. The first-order valence-electron chi connectivity index (χ1n) is 6.27. The molecule has 0 saturated carbocycles. The third-order valence-electron chi connectivity index (χ3n) is 2.70. The Bertz CT molecular complexity index is 532. The molecular weight excluding hydrogens is 236 g/mol. The highest BCUT2D eigenvalue weighted by atomic mass is 15.1. The molecule has 0 aliphatic carbocycles. The number of benzene rings is 1. The second-order valence-electron chi connectivity index (χ2n) is 4.32. The van der Waals surface area contributed by atoms with E-state index in [1.54, 1.807) is 0 Å². The van der Waals surface area contributed by atoms with Crippen LogP contribution in [0.15, 0.2) is 53.7 Å². The van der Waals surface area contributed by atoms with E-state index in [2.05, 4.69) is 21.4 Å². The summed E-state index contributed by atoms with van der Waals surface area (Å²) in [6.45, 7) is 2.63. The van der Waals surface area contributed by atoms with Crippen molar-refractivity contribution in [2.45, 2.75) is 13.3 Å². The van der Waals surface area contributed by atoms with Gasteiger partial charge in [0.05, 0.1) is 0 Å². The molecule has 0 bridgehead atoms. The lowest BCUT2D eigenvalue weighted by Gasteiger charge is -2.05. The lowest BCUT2D eigenvalue weighted by atomic mass is 10.2. The molecule has 0 fully saturated rings. The molecule has 19 heavy (non-hydrogen) atoms. The summed E-state index contributed by atoms with van der Waals surface area (Å²) in [4.78, 5) is 8.54. The van der Waals surface area contributed by atoms with Gasteiger partial charge in [0, 0.05) is 24.1 Å². The Morgan fingerprint density at radius 3 is 2.68 bits per heavy atom. The maximum absolute atomic E-state index is 5.82. The van der Waals surface area contributed by atoms with Gasteiger partial charge in [-0.2, -0.15) is 0 Å². The molecule has 0 saturated heterocycles. The van der Waals surface area contributed by atoms with Crippen molar-refractivity contribution in [3.8, 4) is 0 Å². The van der Waals surface area contributed by atoms with E-state index in [1.165, 1.54) is 5.56 Å². The van der Waals surface area contributed by atoms with Crippen LogP contribution < -0.4 is 11.1 Å². The minimum atomic E-state index is 0.436. The molecule has 0 aliphatic rings. The average molecular weight is 254 g/mol. The number of nitrogens with zero attached hydrogens (tertiary/aromatic N) is 2. The number of hydrogen-bond acceptors (Lipinski definition) is 2. The molecule has 1 aromatic heterocycles. The fraction of sp³-hybridized carbons (Fsp3) is 0.200. The van der Waals surface area contributed by atoms with Crippen molar-refractivity contribution in [1.29, 1.82) is 0 Å². The van der Waals surface area contributed by atoms with Crippen LogP contribution in [0.3, 0.4) is 0 Å². The second-order valence-corrected chi connectivity index (χ2v) is 4.32. The molecule has 0 amide bonds. The number of aryl methyl sites for hydroxylation is 1. The van der Waals surface area contributed by atoms with Gasteiger partial charge in [0.15, 0.2) is 5.96 Å². The van der Waals surface area contributed by atoms with E-state index in [1.807, 2.05) is 49.5 Å². The van der Waals surface area contributed by atoms with E-state index in [-0.39, 0.29) is 0 Å². The molecule has 0 aliphatic heterocycles.